The highest BCUT2D eigenvalue weighted by atomic mass is 15.0. The highest BCUT2D eigenvalue weighted by Crippen LogP contribution is 2.53. The molecule has 14 aromatic rings. The van der Waals surface area contributed by atoms with Crippen molar-refractivity contribution in [2.45, 2.75) is 19.3 Å². The summed E-state index contributed by atoms with van der Waals surface area (Å²) in [6.45, 7) is 4.71. The van der Waals surface area contributed by atoms with Crippen molar-refractivity contribution in [1.82, 2.24) is 19.1 Å². The zero-order chi connectivity index (χ0) is 48.4. The van der Waals surface area contributed by atoms with Crippen molar-refractivity contribution >= 4 is 65.2 Å². The lowest BCUT2D eigenvalue weighted by Crippen LogP contribution is -2.14. The van der Waals surface area contributed by atoms with E-state index in [1.165, 1.54) is 76.6 Å². The third-order valence-electron chi connectivity index (χ3n) is 15.7. The zero-order valence-corrected chi connectivity index (χ0v) is 40.4. The number of aromatic nitrogens is 4. The first-order valence-corrected chi connectivity index (χ1v) is 25.2. The summed E-state index contributed by atoms with van der Waals surface area (Å²) in [6.07, 6.45) is 0. The van der Waals surface area contributed by atoms with E-state index in [9.17, 15) is 0 Å². The summed E-state index contributed by atoms with van der Waals surface area (Å²) < 4.78 is 4.88. The van der Waals surface area contributed by atoms with Crippen molar-refractivity contribution in [2.75, 3.05) is 0 Å². The molecule has 0 saturated heterocycles. The first-order valence-electron chi connectivity index (χ1n) is 25.2. The minimum absolute atomic E-state index is 0.185. The predicted octanol–water partition coefficient (Wildman–Crippen LogP) is 18.0. The van der Waals surface area contributed by atoms with Gasteiger partial charge >= 0.3 is 0 Å². The first-order chi connectivity index (χ1) is 36.0. The topological polar surface area (TPSA) is 35.6 Å². The fraction of sp³-hybridized carbons (Fsp3) is 0.0435. The average Bonchev–Trinajstić information content (AvgIpc) is 4.06. The first kappa shape index (κ1) is 41.4. The molecule has 11 aromatic carbocycles. The molecule has 0 unspecified atom stereocenters. The van der Waals surface area contributed by atoms with Gasteiger partial charge in [-0.1, -0.05) is 196 Å². The Bertz CT molecular complexity index is 4350. The largest absolute Gasteiger partial charge is 0.309 e. The SMILES string of the molecule is CC1(C)c2cc3ccccc3cc2-c2c(-c3cc(-c4ccc(-c5cc(-n6c7ccccc7c7ccccc76)cc(-n6c7ccccc7c7ccccc76)c5)c5ccccc45)nc(-c4ccccc4)n3)cccc21. The van der Waals surface area contributed by atoms with Crippen molar-refractivity contribution in [2.24, 2.45) is 0 Å². The highest BCUT2D eigenvalue weighted by molar-refractivity contribution is 6.12. The molecule has 0 N–H and O–H groups in total. The van der Waals surface area contributed by atoms with E-state index in [1.807, 2.05) is 0 Å². The molecule has 1 aliphatic rings. The number of fused-ring (bicyclic) bond motifs is 11. The molecule has 0 saturated carbocycles. The average molecular weight is 931 g/mol. The molecule has 0 amide bonds. The van der Waals surface area contributed by atoms with Crippen molar-refractivity contribution in [3.05, 3.63) is 254 Å². The van der Waals surface area contributed by atoms with Crippen LogP contribution in [0.25, 0.3) is 133 Å². The van der Waals surface area contributed by atoms with E-state index >= 15 is 0 Å². The Kier molecular flexibility index (Phi) is 8.97. The van der Waals surface area contributed by atoms with Gasteiger partial charge in [-0.2, -0.15) is 0 Å². The van der Waals surface area contributed by atoms with E-state index in [2.05, 4.69) is 266 Å². The molecule has 1 aliphatic carbocycles. The fourth-order valence-electron chi connectivity index (χ4n) is 12.3. The molecular weight excluding hydrogens is 885 g/mol. The Balaban J connectivity index is 0.966. The van der Waals surface area contributed by atoms with Crippen LogP contribution in [0, 0.1) is 0 Å². The van der Waals surface area contributed by atoms with Gasteiger partial charge in [-0.25, -0.2) is 9.97 Å². The maximum atomic E-state index is 5.45. The van der Waals surface area contributed by atoms with Crippen LogP contribution in [0.5, 0.6) is 0 Å². The van der Waals surface area contributed by atoms with E-state index in [1.54, 1.807) is 0 Å². The molecule has 0 spiro atoms. The summed E-state index contributed by atoms with van der Waals surface area (Å²) in [6, 6.07) is 88.6. The van der Waals surface area contributed by atoms with E-state index in [-0.39, 0.29) is 5.41 Å². The van der Waals surface area contributed by atoms with Crippen LogP contribution in [0.3, 0.4) is 0 Å². The van der Waals surface area contributed by atoms with E-state index in [0.29, 0.717) is 5.82 Å². The molecule has 342 valence electrons. The lowest BCUT2D eigenvalue weighted by molar-refractivity contribution is 0.661. The van der Waals surface area contributed by atoms with Crippen LogP contribution in [0.1, 0.15) is 25.0 Å². The third-order valence-corrected chi connectivity index (χ3v) is 15.7. The quantitative estimate of drug-likeness (QED) is 0.167. The van der Waals surface area contributed by atoms with Crippen LogP contribution in [0.15, 0.2) is 243 Å². The number of para-hydroxylation sites is 4. The molecule has 4 heteroatoms. The second kappa shape index (κ2) is 15.8. The maximum absolute atomic E-state index is 5.45. The molecular formula is C69H46N4. The fourth-order valence-corrected chi connectivity index (χ4v) is 12.3. The normalized spacial score (nSPS) is 12.9. The van der Waals surface area contributed by atoms with E-state index < -0.39 is 0 Å². The summed E-state index contributed by atoms with van der Waals surface area (Å²) in [5.41, 5.74) is 19.1. The Morgan fingerprint density at radius 2 is 0.781 bits per heavy atom. The molecule has 15 rings (SSSR count). The van der Waals surface area contributed by atoms with Gasteiger partial charge in [0.25, 0.3) is 0 Å². The van der Waals surface area contributed by atoms with Gasteiger partial charge in [-0.15, -0.1) is 0 Å². The summed E-state index contributed by atoms with van der Waals surface area (Å²) >= 11 is 0. The maximum Gasteiger partial charge on any atom is 0.160 e. The Morgan fingerprint density at radius 1 is 0.315 bits per heavy atom. The molecule has 3 heterocycles. The number of hydrogen-bond donors (Lipinski definition) is 0. The molecule has 0 atom stereocenters. The van der Waals surface area contributed by atoms with E-state index in [0.717, 1.165) is 61.4 Å². The molecule has 4 nitrogen and oxygen atoms in total. The second-order valence-electron chi connectivity index (χ2n) is 20.1. The highest BCUT2D eigenvalue weighted by Gasteiger charge is 2.37. The molecule has 73 heavy (non-hydrogen) atoms. The standard InChI is InChI=1S/C69H46N4/c1-69(2)59-30-18-29-57(67(59)58-39-44-21-6-7-22-45(44)40-60(58)69)62-42-61(70-68(71-62)43-19-4-3-5-20-43)52-36-35-49(50-23-8-9-24-51(50)52)46-37-47(72-63-31-14-10-25-53(63)54-26-11-15-32-64(54)72)41-48(38-46)73-65-33-16-12-27-55(65)56-28-13-17-34-66(56)73/h3-42H,1-2H3. The number of hydrogen-bond acceptors (Lipinski definition) is 2. The minimum Gasteiger partial charge on any atom is -0.309 e. The molecule has 3 aromatic heterocycles. The lowest BCUT2D eigenvalue weighted by Gasteiger charge is -2.22. The Hall–Kier alpha value is -9.38. The summed E-state index contributed by atoms with van der Waals surface area (Å²) in [5.74, 6) is 0.699. The van der Waals surface area contributed by atoms with E-state index in [4.69, 9.17) is 9.97 Å². The van der Waals surface area contributed by atoms with Crippen LogP contribution >= 0.6 is 0 Å². The van der Waals surface area contributed by atoms with Crippen LogP contribution in [0.4, 0.5) is 0 Å². The lowest BCUT2D eigenvalue weighted by atomic mass is 9.81. The van der Waals surface area contributed by atoms with Gasteiger partial charge in [0.05, 0.1) is 33.5 Å². The second-order valence-corrected chi connectivity index (χ2v) is 20.1. The van der Waals surface area contributed by atoms with Gasteiger partial charge in [0.2, 0.25) is 0 Å². The molecule has 0 aliphatic heterocycles. The van der Waals surface area contributed by atoms with Crippen LogP contribution < -0.4 is 0 Å². The van der Waals surface area contributed by atoms with Crippen molar-refractivity contribution in [3.8, 4) is 67.5 Å². The van der Waals surface area contributed by atoms with Gasteiger partial charge in [-0.3, -0.25) is 0 Å². The predicted molar refractivity (Wildman–Crippen MR) is 305 cm³/mol. The Morgan fingerprint density at radius 3 is 1.36 bits per heavy atom. The summed E-state index contributed by atoms with van der Waals surface area (Å²) in [4.78, 5) is 10.9. The zero-order valence-electron chi connectivity index (χ0n) is 40.4. The van der Waals surface area contributed by atoms with Gasteiger partial charge in [0.15, 0.2) is 5.82 Å². The molecule has 0 fully saturated rings. The van der Waals surface area contributed by atoms with Crippen LogP contribution in [-0.2, 0) is 5.41 Å². The third kappa shape index (κ3) is 6.27. The molecule has 0 bridgehead atoms. The van der Waals surface area contributed by atoms with Crippen molar-refractivity contribution < 1.29 is 0 Å². The van der Waals surface area contributed by atoms with Crippen molar-refractivity contribution in [3.63, 3.8) is 0 Å². The van der Waals surface area contributed by atoms with Gasteiger partial charge in [-0.05, 0) is 116 Å². The molecule has 0 radical (unpaired) electrons. The summed E-state index contributed by atoms with van der Waals surface area (Å²) in [7, 11) is 0. The van der Waals surface area contributed by atoms with Crippen LogP contribution in [0.2, 0.25) is 0 Å². The smallest absolute Gasteiger partial charge is 0.160 e. The monoisotopic (exact) mass is 930 g/mol. The van der Waals surface area contributed by atoms with Gasteiger partial charge < -0.3 is 9.13 Å². The minimum atomic E-state index is -0.185. The number of nitrogens with zero attached hydrogens (tertiary/aromatic N) is 4. The van der Waals surface area contributed by atoms with Crippen molar-refractivity contribution in [1.29, 1.82) is 0 Å². The number of benzene rings is 11. The Labute approximate surface area is 422 Å². The van der Waals surface area contributed by atoms with Gasteiger partial charge in [0.1, 0.15) is 0 Å². The number of rotatable bonds is 6. The summed E-state index contributed by atoms with van der Waals surface area (Å²) in [5, 5.41) is 9.71. The van der Waals surface area contributed by atoms with Gasteiger partial charge in [0, 0.05) is 55.0 Å². The van der Waals surface area contributed by atoms with Crippen LogP contribution in [-0.4, -0.2) is 19.1 Å².